The van der Waals surface area contributed by atoms with E-state index >= 15 is 0 Å². The maximum absolute atomic E-state index is 12.4. The van der Waals surface area contributed by atoms with Crippen LogP contribution in [0, 0.1) is 5.92 Å². The number of carbonyl (C=O) groups is 3. The molecular formula is C22H31N3O4. The van der Waals surface area contributed by atoms with E-state index in [1.54, 1.807) is 11.9 Å². The molecule has 2 amide bonds. The molecule has 1 aromatic rings. The first kappa shape index (κ1) is 21.1. The van der Waals surface area contributed by atoms with E-state index in [1.165, 1.54) is 0 Å². The second-order valence-electron chi connectivity index (χ2n) is 8.30. The Morgan fingerprint density at radius 3 is 2.38 bits per heavy atom. The van der Waals surface area contributed by atoms with Crippen molar-refractivity contribution >= 4 is 23.5 Å². The third kappa shape index (κ3) is 5.28. The van der Waals surface area contributed by atoms with Crippen molar-refractivity contribution in [3.8, 4) is 0 Å². The van der Waals surface area contributed by atoms with Crippen molar-refractivity contribution < 1.29 is 19.1 Å². The molecule has 1 heterocycles. The summed E-state index contributed by atoms with van der Waals surface area (Å²) in [7, 11) is 5.64. The van der Waals surface area contributed by atoms with Crippen LogP contribution >= 0.6 is 0 Å². The van der Waals surface area contributed by atoms with Gasteiger partial charge in [0, 0.05) is 52.4 Å². The van der Waals surface area contributed by atoms with Gasteiger partial charge in [-0.25, -0.2) is 0 Å². The molecule has 0 aromatic heterocycles. The highest BCUT2D eigenvalue weighted by atomic mass is 16.5. The van der Waals surface area contributed by atoms with Gasteiger partial charge in [-0.15, -0.1) is 0 Å². The number of benzene rings is 1. The smallest absolute Gasteiger partial charge is 0.311 e. The number of rotatable bonds is 7. The van der Waals surface area contributed by atoms with Crippen LogP contribution in [0.15, 0.2) is 24.3 Å². The second kappa shape index (κ2) is 9.29. The summed E-state index contributed by atoms with van der Waals surface area (Å²) in [6.45, 7) is 0.575. The quantitative estimate of drug-likeness (QED) is 0.654. The zero-order valence-corrected chi connectivity index (χ0v) is 17.6. The van der Waals surface area contributed by atoms with Crippen molar-refractivity contribution in [1.82, 2.24) is 9.80 Å². The van der Waals surface area contributed by atoms with Crippen molar-refractivity contribution in [2.75, 3.05) is 39.2 Å². The molecule has 2 aliphatic rings. The Hall–Kier alpha value is -2.57. The third-order valence-electron chi connectivity index (χ3n) is 5.89. The van der Waals surface area contributed by atoms with Crippen LogP contribution in [-0.4, -0.2) is 67.9 Å². The lowest BCUT2D eigenvalue weighted by atomic mass is 10.1. The van der Waals surface area contributed by atoms with Gasteiger partial charge in [0.25, 0.3) is 5.91 Å². The van der Waals surface area contributed by atoms with Gasteiger partial charge in [0.2, 0.25) is 5.91 Å². The molecule has 0 bridgehead atoms. The molecule has 1 saturated carbocycles. The maximum atomic E-state index is 12.4. The van der Waals surface area contributed by atoms with Crippen molar-refractivity contribution in [2.24, 2.45) is 5.92 Å². The summed E-state index contributed by atoms with van der Waals surface area (Å²) in [5.41, 5.74) is 2.10. The van der Waals surface area contributed by atoms with E-state index in [0.29, 0.717) is 13.1 Å². The van der Waals surface area contributed by atoms with Crippen molar-refractivity contribution in [3.63, 3.8) is 0 Å². The molecule has 7 nitrogen and oxygen atoms in total. The van der Waals surface area contributed by atoms with E-state index in [1.807, 2.05) is 48.2 Å². The van der Waals surface area contributed by atoms with Gasteiger partial charge in [0.1, 0.15) is 0 Å². The van der Waals surface area contributed by atoms with Crippen LogP contribution < -0.4 is 4.90 Å². The zero-order chi connectivity index (χ0) is 21.0. The summed E-state index contributed by atoms with van der Waals surface area (Å²) in [6.07, 6.45) is 4.51. The average Bonchev–Trinajstić information content (AvgIpc) is 3.35. The van der Waals surface area contributed by atoms with E-state index in [2.05, 4.69) is 0 Å². The Morgan fingerprint density at radius 2 is 1.76 bits per heavy atom. The van der Waals surface area contributed by atoms with Crippen molar-refractivity contribution in [2.45, 2.75) is 44.7 Å². The van der Waals surface area contributed by atoms with E-state index < -0.39 is 11.9 Å². The Labute approximate surface area is 172 Å². The minimum absolute atomic E-state index is 0.0310. The zero-order valence-electron chi connectivity index (χ0n) is 17.6. The van der Waals surface area contributed by atoms with Crippen LogP contribution in [0.4, 0.5) is 5.69 Å². The predicted molar refractivity (Wildman–Crippen MR) is 110 cm³/mol. The summed E-state index contributed by atoms with van der Waals surface area (Å²) < 4.78 is 5.24. The highest BCUT2D eigenvalue weighted by molar-refractivity contribution is 5.88. The fraction of sp³-hybridized carbons (Fsp3) is 0.591. The molecule has 0 radical (unpaired) electrons. The van der Waals surface area contributed by atoms with Crippen LogP contribution in [0.25, 0.3) is 0 Å². The number of carbonyl (C=O) groups excluding carboxylic acids is 3. The molecule has 0 unspecified atom stereocenters. The number of hydrogen-bond acceptors (Lipinski definition) is 5. The van der Waals surface area contributed by atoms with E-state index in [4.69, 9.17) is 4.74 Å². The predicted octanol–water partition coefficient (Wildman–Crippen LogP) is 2.05. The standard InChI is InChI=1S/C22H31N3O4/c1-23(2)18-10-8-16(9-11-18)13-24(3)21(27)15-29-22(28)17-12-20(26)25(14-17)19-6-4-5-7-19/h8-11,17,19H,4-7,12-15H2,1-3H3/t17-/m0/s1. The fourth-order valence-electron chi connectivity index (χ4n) is 4.08. The molecule has 158 valence electrons. The molecule has 0 spiro atoms. The van der Waals surface area contributed by atoms with Crippen molar-refractivity contribution in [3.05, 3.63) is 29.8 Å². The summed E-state index contributed by atoms with van der Waals surface area (Å²) in [4.78, 5) is 42.3. The number of anilines is 1. The summed E-state index contributed by atoms with van der Waals surface area (Å²) in [5, 5.41) is 0. The van der Waals surface area contributed by atoms with Gasteiger partial charge >= 0.3 is 5.97 Å². The van der Waals surface area contributed by atoms with Crippen LogP contribution in [-0.2, 0) is 25.7 Å². The first-order chi connectivity index (χ1) is 13.8. The number of likely N-dealkylation sites (tertiary alicyclic amines) is 1. The average molecular weight is 402 g/mol. The third-order valence-corrected chi connectivity index (χ3v) is 5.89. The molecule has 1 aliphatic carbocycles. The normalized spacial score (nSPS) is 19.5. The Kier molecular flexibility index (Phi) is 6.77. The highest BCUT2D eigenvalue weighted by Gasteiger charge is 2.39. The van der Waals surface area contributed by atoms with Crippen LogP contribution in [0.2, 0.25) is 0 Å². The lowest BCUT2D eigenvalue weighted by Crippen LogP contribution is -2.35. The lowest BCUT2D eigenvalue weighted by Gasteiger charge is -2.23. The first-order valence-electron chi connectivity index (χ1n) is 10.3. The summed E-state index contributed by atoms with van der Waals surface area (Å²) in [5.74, 6) is -1.13. The molecule has 1 aliphatic heterocycles. The molecular weight excluding hydrogens is 370 g/mol. The monoisotopic (exact) mass is 401 g/mol. The number of ether oxygens (including phenoxy) is 1. The number of esters is 1. The van der Waals surface area contributed by atoms with E-state index in [9.17, 15) is 14.4 Å². The van der Waals surface area contributed by atoms with E-state index in [-0.39, 0.29) is 30.9 Å². The topological polar surface area (TPSA) is 70.2 Å². The van der Waals surface area contributed by atoms with Gasteiger partial charge in [-0.3, -0.25) is 14.4 Å². The largest absolute Gasteiger partial charge is 0.455 e. The minimum atomic E-state index is -0.459. The number of likely N-dealkylation sites (N-methyl/N-ethyl adjacent to an activating group) is 1. The minimum Gasteiger partial charge on any atom is -0.455 e. The van der Waals surface area contributed by atoms with Gasteiger partial charge < -0.3 is 19.4 Å². The van der Waals surface area contributed by atoms with Crippen LogP contribution in [0.3, 0.4) is 0 Å². The van der Waals surface area contributed by atoms with Gasteiger partial charge in [0.05, 0.1) is 5.92 Å². The molecule has 7 heteroatoms. The summed E-state index contributed by atoms with van der Waals surface area (Å²) in [6, 6.07) is 8.23. The van der Waals surface area contributed by atoms with Crippen LogP contribution in [0.1, 0.15) is 37.7 Å². The number of amides is 2. The lowest BCUT2D eigenvalue weighted by molar-refractivity contribution is -0.155. The molecule has 29 heavy (non-hydrogen) atoms. The Balaban J connectivity index is 1.44. The SMILES string of the molecule is CN(Cc1ccc(N(C)C)cc1)C(=O)COC(=O)[C@H]1CC(=O)N(C2CCCC2)C1. The van der Waals surface area contributed by atoms with Gasteiger partial charge in [0.15, 0.2) is 6.61 Å². The van der Waals surface area contributed by atoms with Gasteiger partial charge in [-0.05, 0) is 30.5 Å². The van der Waals surface area contributed by atoms with Crippen LogP contribution in [0.5, 0.6) is 0 Å². The number of hydrogen-bond donors (Lipinski definition) is 0. The van der Waals surface area contributed by atoms with Gasteiger partial charge in [-0.2, -0.15) is 0 Å². The molecule has 1 aromatic carbocycles. The number of nitrogens with zero attached hydrogens (tertiary/aromatic N) is 3. The fourth-order valence-corrected chi connectivity index (χ4v) is 4.08. The first-order valence-corrected chi connectivity index (χ1v) is 10.3. The van der Waals surface area contributed by atoms with Crippen molar-refractivity contribution in [1.29, 1.82) is 0 Å². The van der Waals surface area contributed by atoms with E-state index in [0.717, 1.165) is 36.9 Å². The Morgan fingerprint density at radius 1 is 1.10 bits per heavy atom. The molecule has 1 atom stereocenters. The molecule has 3 rings (SSSR count). The maximum Gasteiger partial charge on any atom is 0.311 e. The Bertz CT molecular complexity index is 741. The molecule has 2 fully saturated rings. The van der Waals surface area contributed by atoms with Gasteiger partial charge in [-0.1, -0.05) is 25.0 Å². The molecule has 1 saturated heterocycles. The second-order valence-corrected chi connectivity index (χ2v) is 8.30. The molecule has 0 N–H and O–H groups in total. The summed E-state index contributed by atoms with van der Waals surface area (Å²) >= 11 is 0. The highest BCUT2D eigenvalue weighted by Crippen LogP contribution is 2.29.